The molecule has 1 aliphatic rings. The molecule has 27 heavy (non-hydrogen) atoms. The standard InChI is InChI=1S/C21H27N3O3/c1-26-18-10-11-19(20(14-18)27-2)22-15-21(25)23-16-6-8-17(9-7-16)24-12-4-3-5-13-24/h6-11,14,22H,3-5,12-13,15H2,1-2H3,(H,23,25). The fourth-order valence-electron chi connectivity index (χ4n) is 3.23. The Morgan fingerprint density at radius 1 is 1.00 bits per heavy atom. The van der Waals surface area contributed by atoms with Crippen LogP contribution in [0.1, 0.15) is 19.3 Å². The Morgan fingerprint density at radius 2 is 1.74 bits per heavy atom. The summed E-state index contributed by atoms with van der Waals surface area (Å²) in [5, 5.41) is 6.01. The molecule has 0 aliphatic carbocycles. The van der Waals surface area contributed by atoms with E-state index in [4.69, 9.17) is 9.47 Å². The summed E-state index contributed by atoms with van der Waals surface area (Å²) < 4.78 is 10.5. The van der Waals surface area contributed by atoms with Crippen LogP contribution in [0, 0.1) is 0 Å². The van der Waals surface area contributed by atoms with Crippen molar-refractivity contribution in [1.29, 1.82) is 0 Å². The van der Waals surface area contributed by atoms with Crippen LogP contribution in [0.4, 0.5) is 17.1 Å². The predicted molar refractivity (Wildman–Crippen MR) is 109 cm³/mol. The van der Waals surface area contributed by atoms with Crippen LogP contribution in [0.15, 0.2) is 42.5 Å². The number of amides is 1. The number of piperidine rings is 1. The van der Waals surface area contributed by atoms with Gasteiger partial charge < -0.3 is 25.0 Å². The molecule has 1 aliphatic heterocycles. The van der Waals surface area contributed by atoms with Crippen molar-refractivity contribution in [1.82, 2.24) is 0 Å². The number of nitrogens with one attached hydrogen (secondary N) is 2. The smallest absolute Gasteiger partial charge is 0.243 e. The topological polar surface area (TPSA) is 62.8 Å². The molecule has 2 N–H and O–H groups in total. The number of anilines is 3. The van der Waals surface area contributed by atoms with E-state index in [1.54, 1.807) is 20.3 Å². The highest BCUT2D eigenvalue weighted by atomic mass is 16.5. The average molecular weight is 369 g/mol. The minimum absolute atomic E-state index is 0.112. The molecule has 1 amide bonds. The SMILES string of the molecule is COc1ccc(NCC(=O)Nc2ccc(N3CCCCC3)cc2)c(OC)c1. The number of nitrogens with zero attached hydrogens (tertiary/aromatic N) is 1. The first-order valence-corrected chi connectivity index (χ1v) is 9.30. The zero-order chi connectivity index (χ0) is 19.1. The third-order valence-electron chi connectivity index (χ3n) is 4.72. The van der Waals surface area contributed by atoms with Gasteiger partial charge in [-0.25, -0.2) is 0 Å². The van der Waals surface area contributed by atoms with Crippen LogP contribution in [0.3, 0.4) is 0 Å². The van der Waals surface area contributed by atoms with E-state index in [0.717, 1.165) is 24.5 Å². The molecule has 6 nitrogen and oxygen atoms in total. The minimum Gasteiger partial charge on any atom is -0.497 e. The zero-order valence-corrected chi connectivity index (χ0v) is 16.0. The average Bonchev–Trinajstić information content (AvgIpc) is 2.73. The fourth-order valence-corrected chi connectivity index (χ4v) is 3.23. The van der Waals surface area contributed by atoms with E-state index in [9.17, 15) is 4.79 Å². The Bertz CT molecular complexity index is 756. The molecule has 0 atom stereocenters. The second kappa shape index (κ2) is 9.16. The van der Waals surface area contributed by atoms with Gasteiger partial charge in [0.25, 0.3) is 0 Å². The van der Waals surface area contributed by atoms with Gasteiger partial charge >= 0.3 is 0 Å². The highest BCUT2D eigenvalue weighted by Gasteiger charge is 2.11. The van der Waals surface area contributed by atoms with Crippen LogP contribution in [0.25, 0.3) is 0 Å². The van der Waals surface area contributed by atoms with E-state index in [0.29, 0.717) is 11.5 Å². The maximum atomic E-state index is 12.2. The molecule has 3 rings (SSSR count). The second-order valence-corrected chi connectivity index (χ2v) is 6.56. The van der Waals surface area contributed by atoms with Crippen molar-refractivity contribution >= 4 is 23.0 Å². The van der Waals surface area contributed by atoms with Crippen molar-refractivity contribution in [2.45, 2.75) is 19.3 Å². The number of hydrogen-bond donors (Lipinski definition) is 2. The molecular formula is C21H27N3O3. The van der Waals surface area contributed by atoms with Gasteiger partial charge in [0.05, 0.1) is 26.5 Å². The first-order chi connectivity index (χ1) is 13.2. The highest BCUT2D eigenvalue weighted by Crippen LogP contribution is 2.29. The molecule has 0 saturated carbocycles. The summed E-state index contributed by atoms with van der Waals surface area (Å²) in [4.78, 5) is 14.6. The van der Waals surface area contributed by atoms with Crippen molar-refractivity contribution in [3.05, 3.63) is 42.5 Å². The van der Waals surface area contributed by atoms with E-state index in [2.05, 4.69) is 27.7 Å². The molecule has 2 aromatic carbocycles. The molecule has 1 fully saturated rings. The molecule has 1 heterocycles. The van der Waals surface area contributed by atoms with Gasteiger partial charge in [-0.1, -0.05) is 0 Å². The highest BCUT2D eigenvalue weighted by molar-refractivity contribution is 5.94. The van der Waals surface area contributed by atoms with E-state index >= 15 is 0 Å². The van der Waals surface area contributed by atoms with Crippen molar-refractivity contribution in [2.75, 3.05) is 49.4 Å². The van der Waals surface area contributed by atoms with Gasteiger partial charge in [-0.2, -0.15) is 0 Å². The van der Waals surface area contributed by atoms with Crippen LogP contribution in [0.2, 0.25) is 0 Å². The Kier molecular flexibility index (Phi) is 6.41. The molecule has 1 saturated heterocycles. The summed E-state index contributed by atoms with van der Waals surface area (Å²) in [6.07, 6.45) is 3.81. The fraction of sp³-hybridized carbons (Fsp3) is 0.381. The Hall–Kier alpha value is -2.89. The lowest BCUT2D eigenvalue weighted by Crippen LogP contribution is -2.29. The molecular weight excluding hydrogens is 342 g/mol. The molecule has 0 aromatic heterocycles. The van der Waals surface area contributed by atoms with Crippen LogP contribution in [0.5, 0.6) is 11.5 Å². The molecule has 0 spiro atoms. The van der Waals surface area contributed by atoms with Crippen LogP contribution < -0.4 is 25.0 Å². The number of methoxy groups -OCH3 is 2. The van der Waals surface area contributed by atoms with Crippen molar-refractivity contribution in [2.24, 2.45) is 0 Å². The lowest BCUT2D eigenvalue weighted by molar-refractivity contribution is -0.114. The lowest BCUT2D eigenvalue weighted by Gasteiger charge is -2.28. The van der Waals surface area contributed by atoms with Crippen molar-refractivity contribution in [3.63, 3.8) is 0 Å². The number of carbonyl (C=O) groups is 1. The van der Waals surface area contributed by atoms with Gasteiger partial charge in [-0.05, 0) is 55.7 Å². The number of ether oxygens (including phenoxy) is 2. The molecule has 6 heteroatoms. The minimum atomic E-state index is -0.112. The summed E-state index contributed by atoms with van der Waals surface area (Å²) in [6.45, 7) is 2.37. The monoisotopic (exact) mass is 369 g/mol. The Labute approximate surface area is 160 Å². The van der Waals surface area contributed by atoms with Gasteiger partial charge in [0, 0.05) is 30.5 Å². The predicted octanol–water partition coefficient (Wildman–Crippen LogP) is 3.74. The number of rotatable bonds is 7. The summed E-state index contributed by atoms with van der Waals surface area (Å²) in [6, 6.07) is 13.5. The maximum Gasteiger partial charge on any atom is 0.243 e. The number of carbonyl (C=O) groups excluding carboxylic acids is 1. The van der Waals surface area contributed by atoms with Gasteiger partial charge in [0.1, 0.15) is 11.5 Å². The third-order valence-corrected chi connectivity index (χ3v) is 4.72. The number of benzene rings is 2. The molecule has 0 bridgehead atoms. The summed E-state index contributed by atoms with van der Waals surface area (Å²) in [5.41, 5.74) is 2.76. The number of hydrogen-bond acceptors (Lipinski definition) is 5. The third kappa shape index (κ3) is 5.06. The molecule has 144 valence electrons. The lowest BCUT2D eigenvalue weighted by atomic mass is 10.1. The summed E-state index contributed by atoms with van der Waals surface area (Å²) in [7, 11) is 3.19. The van der Waals surface area contributed by atoms with Crippen LogP contribution >= 0.6 is 0 Å². The van der Waals surface area contributed by atoms with Gasteiger partial charge in [-0.15, -0.1) is 0 Å². The maximum absolute atomic E-state index is 12.2. The van der Waals surface area contributed by atoms with Crippen LogP contribution in [-0.2, 0) is 4.79 Å². The van der Waals surface area contributed by atoms with Gasteiger partial charge in [0.15, 0.2) is 0 Å². The van der Waals surface area contributed by atoms with Crippen molar-refractivity contribution in [3.8, 4) is 11.5 Å². The largest absolute Gasteiger partial charge is 0.497 e. The summed E-state index contributed by atoms with van der Waals surface area (Å²) in [5.74, 6) is 1.22. The normalized spacial score (nSPS) is 13.8. The molecule has 0 unspecified atom stereocenters. The van der Waals surface area contributed by atoms with E-state index in [-0.39, 0.29) is 12.5 Å². The summed E-state index contributed by atoms with van der Waals surface area (Å²) >= 11 is 0. The van der Waals surface area contributed by atoms with Crippen LogP contribution in [-0.4, -0.2) is 39.8 Å². The molecule has 0 radical (unpaired) electrons. The van der Waals surface area contributed by atoms with Crippen molar-refractivity contribution < 1.29 is 14.3 Å². The van der Waals surface area contributed by atoms with E-state index in [1.807, 2.05) is 24.3 Å². The zero-order valence-electron chi connectivity index (χ0n) is 16.0. The quantitative estimate of drug-likeness (QED) is 0.778. The first-order valence-electron chi connectivity index (χ1n) is 9.30. The second-order valence-electron chi connectivity index (χ2n) is 6.56. The van der Waals surface area contributed by atoms with E-state index in [1.165, 1.54) is 24.9 Å². The Morgan fingerprint density at radius 3 is 2.41 bits per heavy atom. The van der Waals surface area contributed by atoms with E-state index < -0.39 is 0 Å². The van der Waals surface area contributed by atoms with Gasteiger partial charge in [0.2, 0.25) is 5.91 Å². The van der Waals surface area contributed by atoms with Gasteiger partial charge in [-0.3, -0.25) is 4.79 Å². The first kappa shape index (κ1) is 18.9. The Balaban J connectivity index is 1.53. The molecule has 2 aromatic rings.